The van der Waals surface area contributed by atoms with Gasteiger partial charge in [-0.05, 0) is 66.2 Å². The fourth-order valence-corrected chi connectivity index (χ4v) is 5.42. The van der Waals surface area contributed by atoms with E-state index in [9.17, 15) is 29.8 Å². The Morgan fingerprint density at radius 2 is 1.13 bits per heavy atom. The molecular formula is C37H36N8O7. The molecule has 1 fully saturated rings. The number of nitro groups is 2. The molecule has 1 aliphatic heterocycles. The van der Waals surface area contributed by atoms with Crippen LogP contribution in [0, 0.1) is 20.2 Å². The molecule has 1 aliphatic rings. The molecule has 52 heavy (non-hydrogen) atoms. The molecule has 0 spiro atoms. The number of carboxylic acids is 1. The van der Waals surface area contributed by atoms with Crippen molar-refractivity contribution in [1.82, 2.24) is 19.8 Å². The standard InChI is InChI=1S/C24H25N5O3.C13H11N3O4/c1-26(23-12-11-22(17-25-23)29(31)32)21-9-7-20(8-10-21)24(30)28-15-13-27(14-16-28)18-19-5-3-2-4-6-19;1-15(10-4-2-9(3-5-10)13(17)18)12-7-6-11(8-14-12)16(19)20/h2-12,17H,13-16,18H2,1H3;2-8H,1H3,(H,17,18). The average Bonchev–Trinajstić information content (AvgIpc) is 3.18. The number of pyridine rings is 2. The van der Waals surface area contributed by atoms with Gasteiger partial charge in [-0.2, -0.15) is 0 Å². The fraction of sp³-hybridized carbons (Fsp3) is 0.189. The highest BCUT2D eigenvalue weighted by atomic mass is 16.6. The van der Waals surface area contributed by atoms with E-state index in [2.05, 4.69) is 27.0 Å². The van der Waals surface area contributed by atoms with Gasteiger partial charge in [0.05, 0.1) is 15.4 Å². The molecule has 0 radical (unpaired) electrons. The Labute approximate surface area is 299 Å². The topological polar surface area (TPSA) is 179 Å². The maximum atomic E-state index is 12.9. The summed E-state index contributed by atoms with van der Waals surface area (Å²) in [5.74, 6) is 0.155. The molecule has 15 nitrogen and oxygen atoms in total. The molecule has 1 N–H and O–H groups in total. The normalized spacial score (nSPS) is 12.6. The summed E-state index contributed by atoms with van der Waals surface area (Å²) in [6.45, 7) is 4.03. The van der Waals surface area contributed by atoms with Crippen LogP contribution in [0.5, 0.6) is 0 Å². The third-order valence-corrected chi connectivity index (χ3v) is 8.49. The summed E-state index contributed by atoms with van der Waals surface area (Å²) in [5.41, 5.74) is 3.57. The first-order valence-electron chi connectivity index (χ1n) is 16.2. The Morgan fingerprint density at radius 1 is 0.673 bits per heavy atom. The largest absolute Gasteiger partial charge is 0.478 e. The van der Waals surface area contributed by atoms with E-state index in [0.717, 1.165) is 31.0 Å². The van der Waals surface area contributed by atoms with Crippen molar-refractivity contribution in [3.05, 3.63) is 152 Å². The van der Waals surface area contributed by atoms with Gasteiger partial charge in [0.25, 0.3) is 17.3 Å². The third-order valence-electron chi connectivity index (χ3n) is 8.49. The van der Waals surface area contributed by atoms with Crippen LogP contribution in [0.25, 0.3) is 0 Å². The summed E-state index contributed by atoms with van der Waals surface area (Å²) < 4.78 is 0. The zero-order chi connectivity index (χ0) is 37.2. The van der Waals surface area contributed by atoms with Gasteiger partial charge in [-0.25, -0.2) is 14.8 Å². The molecule has 0 bridgehead atoms. The zero-order valence-corrected chi connectivity index (χ0v) is 28.5. The van der Waals surface area contributed by atoms with Crippen molar-refractivity contribution in [2.45, 2.75) is 6.54 Å². The van der Waals surface area contributed by atoms with E-state index in [0.29, 0.717) is 30.3 Å². The molecule has 2 aromatic heterocycles. The second-order valence-corrected chi connectivity index (χ2v) is 11.8. The molecule has 0 atom stereocenters. The van der Waals surface area contributed by atoms with Crippen molar-refractivity contribution in [3.8, 4) is 0 Å². The van der Waals surface area contributed by atoms with Gasteiger partial charge in [0, 0.05) is 75.9 Å². The number of aromatic carboxylic acids is 1. The minimum Gasteiger partial charge on any atom is -0.478 e. The second kappa shape index (κ2) is 16.8. The van der Waals surface area contributed by atoms with Crippen molar-refractivity contribution >= 4 is 46.3 Å². The maximum Gasteiger partial charge on any atom is 0.335 e. The molecule has 3 aromatic carbocycles. The third kappa shape index (κ3) is 9.28. The molecule has 15 heteroatoms. The monoisotopic (exact) mass is 704 g/mol. The van der Waals surface area contributed by atoms with E-state index < -0.39 is 15.8 Å². The van der Waals surface area contributed by atoms with Crippen LogP contribution < -0.4 is 9.80 Å². The van der Waals surface area contributed by atoms with Gasteiger partial charge in [-0.15, -0.1) is 0 Å². The van der Waals surface area contributed by atoms with Crippen molar-refractivity contribution in [2.75, 3.05) is 50.1 Å². The van der Waals surface area contributed by atoms with E-state index in [4.69, 9.17) is 5.11 Å². The highest BCUT2D eigenvalue weighted by Crippen LogP contribution is 2.25. The van der Waals surface area contributed by atoms with Gasteiger partial charge in [-0.1, -0.05) is 30.3 Å². The number of hydrogen-bond donors (Lipinski definition) is 1. The first-order valence-corrected chi connectivity index (χ1v) is 16.2. The summed E-state index contributed by atoms with van der Waals surface area (Å²) in [7, 11) is 3.57. The molecule has 0 saturated carbocycles. The van der Waals surface area contributed by atoms with Gasteiger partial charge in [0.2, 0.25) is 0 Å². The number of carbonyl (C=O) groups is 2. The predicted molar refractivity (Wildman–Crippen MR) is 195 cm³/mol. The van der Waals surface area contributed by atoms with E-state index in [1.54, 1.807) is 30.1 Å². The van der Waals surface area contributed by atoms with Gasteiger partial charge in [-0.3, -0.25) is 29.9 Å². The second-order valence-electron chi connectivity index (χ2n) is 11.8. The predicted octanol–water partition coefficient (Wildman–Crippen LogP) is 6.17. The van der Waals surface area contributed by atoms with Crippen LogP contribution in [-0.4, -0.2) is 86.9 Å². The highest BCUT2D eigenvalue weighted by molar-refractivity contribution is 5.94. The van der Waals surface area contributed by atoms with Crippen molar-refractivity contribution in [2.24, 2.45) is 0 Å². The van der Waals surface area contributed by atoms with E-state index in [-0.39, 0.29) is 22.8 Å². The Kier molecular flexibility index (Phi) is 11.8. The Morgan fingerprint density at radius 3 is 1.54 bits per heavy atom. The van der Waals surface area contributed by atoms with Gasteiger partial charge >= 0.3 is 5.97 Å². The van der Waals surface area contributed by atoms with Crippen molar-refractivity contribution in [3.63, 3.8) is 0 Å². The number of piperazine rings is 1. The average molecular weight is 705 g/mol. The van der Waals surface area contributed by atoms with Crippen LogP contribution in [-0.2, 0) is 6.54 Å². The van der Waals surface area contributed by atoms with Crippen LogP contribution in [0.1, 0.15) is 26.3 Å². The molecule has 0 aliphatic carbocycles. The van der Waals surface area contributed by atoms with Crippen LogP contribution in [0.2, 0.25) is 0 Å². The molecule has 1 saturated heterocycles. The molecule has 5 aromatic rings. The zero-order valence-electron chi connectivity index (χ0n) is 28.5. The van der Waals surface area contributed by atoms with E-state index >= 15 is 0 Å². The lowest BCUT2D eigenvalue weighted by atomic mass is 10.1. The number of nitrogens with zero attached hydrogens (tertiary/aromatic N) is 8. The molecule has 0 unspecified atom stereocenters. The number of benzene rings is 3. The first-order chi connectivity index (χ1) is 25.0. The number of hydrogen-bond acceptors (Lipinski definition) is 11. The minimum absolute atomic E-state index is 0.0343. The number of rotatable bonds is 10. The van der Waals surface area contributed by atoms with Gasteiger partial charge < -0.3 is 19.8 Å². The smallest absolute Gasteiger partial charge is 0.335 e. The van der Waals surface area contributed by atoms with Crippen molar-refractivity contribution in [1.29, 1.82) is 0 Å². The summed E-state index contributed by atoms with van der Waals surface area (Å²) >= 11 is 0. The summed E-state index contributed by atoms with van der Waals surface area (Å²) in [6.07, 6.45) is 2.42. The van der Waals surface area contributed by atoms with E-state index in [1.165, 1.54) is 48.3 Å². The summed E-state index contributed by atoms with van der Waals surface area (Å²) in [5, 5.41) is 30.2. The van der Waals surface area contributed by atoms with E-state index in [1.807, 2.05) is 59.3 Å². The lowest BCUT2D eigenvalue weighted by molar-refractivity contribution is -0.385. The Bertz CT molecular complexity index is 1930. The SMILES string of the molecule is CN(c1ccc(C(=O)N2CCN(Cc3ccccc3)CC2)cc1)c1ccc([N+](=O)[O-])cn1.CN(c1ccc(C(=O)O)cc1)c1ccc([N+](=O)[O-])cn1. The van der Waals surface area contributed by atoms with Crippen LogP contribution >= 0.6 is 0 Å². The lowest BCUT2D eigenvalue weighted by Crippen LogP contribution is -2.48. The molecular weight excluding hydrogens is 668 g/mol. The van der Waals surface area contributed by atoms with Crippen molar-refractivity contribution < 1.29 is 24.5 Å². The quantitative estimate of drug-likeness (QED) is 0.129. The van der Waals surface area contributed by atoms with Crippen LogP contribution in [0.15, 0.2) is 116 Å². The lowest BCUT2D eigenvalue weighted by Gasteiger charge is -2.34. The van der Waals surface area contributed by atoms with Gasteiger partial charge in [0.15, 0.2) is 0 Å². The highest BCUT2D eigenvalue weighted by Gasteiger charge is 2.22. The number of amides is 1. The Hall–Kier alpha value is -6.74. The van der Waals surface area contributed by atoms with Crippen LogP contribution in [0.4, 0.5) is 34.4 Å². The summed E-state index contributed by atoms with van der Waals surface area (Å²) in [4.78, 5) is 60.0. The summed E-state index contributed by atoms with van der Waals surface area (Å²) in [6, 6.07) is 29.9. The number of carboxylic acid groups (broad SMARTS) is 1. The minimum atomic E-state index is -0.993. The molecule has 266 valence electrons. The van der Waals surface area contributed by atoms with Crippen LogP contribution in [0.3, 0.4) is 0 Å². The number of aromatic nitrogens is 2. The molecule has 1 amide bonds. The first kappa shape index (κ1) is 36.5. The molecule has 6 rings (SSSR count). The maximum absolute atomic E-state index is 12.9. The fourth-order valence-electron chi connectivity index (χ4n) is 5.42. The van der Waals surface area contributed by atoms with Gasteiger partial charge in [0.1, 0.15) is 24.0 Å². The number of anilines is 4. The molecule has 3 heterocycles. The Balaban J connectivity index is 0.000000225. The number of carbonyl (C=O) groups excluding carboxylic acids is 1.